The van der Waals surface area contributed by atoms with E-state index in [4.69, 9.17) is 5.11 Å². The quantitative estimate of drug-likeness (QED) is 0.680. The van der Waals surface area contributed by atoms with Crippen LogP contribution in [0.25, 0.3) is 0 Å². The monoisotopic (exact) mass is 351 g/mol. The fourth-order valence-corrected chi connectivity index (χ4v) is 2.14. The van der Waals surface area contributed by atoms with Crippen molar-refractivity contribution in [1.82, 2.24) is 0 Å². The number of amides is 1. The maximum absolute atomic E-state index is 12.0. The van der Waals surface area contributed by atoms with Gasteiger partial charge in [0.2, 0.25) is 0 Å². The molecule has 0 aliphatic rings. The number of aromatic carboxylic acids is 1. The second kappa shape index (κ2) is 5.84. The summed E-state index contributed by atoms with van der Waals surface area (Å²) in [6, 6.07) is 8.15. The van der Waals surface area contributed by atoms with E-state index in [1.54, 1.807) is 0 Å². The van der Waals surface area contributed by atoms with E-state index in [-0.39, 0.29) is 28.3 Å². The van der Waals surface area contributed by atoms with Crippen LogP contribution in [0, 0.1) is 0 Å². The highest BCUT2D eigenvalue weighted by atomic mass is 79.9. The van der Waals surface area contributed by atoms with Gasteiger partial charge in [0.15, 0.2) is 0 Å². The molecule has 21 heavy (non-hydrogen) atoms. The molecular weight excluding hydrogens is 342 g/mol. The molecule has 0 aromatic heterocycles. The molecule has 0 atom stereocenters. The third-order valence-electron chi connectivity index (χ3n) is 2.70. The van der Waals surface area contributed by atoms with Crippen molar-refractivity contribution >= 4 is 33.5 Å². The fourth-order valence-electron chi connectivity index (χ4n) is 1.72. The number of hydrogen-bond donors (Lipinski definition) is 4. The minimum atomic E-state index is -1.15. The van der Waals surface area contributed by atoms with Crippen molar-refractivity contribution in [1.29, 1.82) is 0 Å². The molecule has 1 amide bonds. The van der Waals surface area contributed by atoms with Crippen molar-refractivity contribution in [2.75, 3.05) is 5.32 Å². The van der Waals surface area contributed by atoms with E-state index in [1.165, 1.54) is 36.4 Å². The lowest BCUT2D eigenvalue weighted by Gasteiger charge is -2.09. The first-order chi connectivity index (χ1) is 9.90. The van der Waals surface area contributed by atoms with Crippen LogP contribution in [0.3, 0.4) is 0 Å². The van der Waals surface area contributed by atoms with Gasteiger partial charge in [-0.1, -0.05) is 6.07 Å². The number of phenols is 2. The Morgan fingerprint density at radius 2 is 1.67 bits per heavy atom. The first kappa shape index (κ1) is 14.9. The van der Waals surface area contributed by atoms with Crippen molar-refractivity contribution in [3.05, 3.63) is 52.0 Å². The standard InChI is InChI=1S/C14H10BrNO5/c15-9-5-4-7(6-8(9)14(20)21)16-13(19)12-10(17)2-1-3-11(12)18/h1-6,17-18H,(H,16,19)(H,20,21). The number of nitrogens with one attached hydrogen (secondary N) is 1. The highest BCUT2D eigenvalue weighted by Crippen LogP contribution is 2.28. The summed E-state index contributed by atoms with van der Waals surface area (Å²) in [5.74, 6) is -2.64. The van der Waals surface area contributed by atoms with Crippen molar-refractivity contribution in [3.8, 4) is 11.5 Å². The molecule has 0 aliphatic carbocycles. The first-order valence-corrected chi connectivity index (χ1v) is 6.54. The zero-order valence-corrected chi connectivity index (χ0v) is 12.1. The lowest BCUT2D eigenvalue weighted by Crippen LogP contribution is -2.13. The van der Waals surface area contributed by atoms with Gasteiger partial charge in [-0.3, -0.25) is 4.79 Å². The SMILES string of the molecule is O=C(O)c1cc(NC(=O)c2c(O)cccc2O)ccc1Br. The summed E-state index contributed by atoms with van der Waals surface area (Å²) >= 11 is 3.09. The van der Waals surface area contributed by atoms with Crippen molar-refractivity contribution in [2.45, 2.75) is 0 Å². The van der Waals surface area contributed by atoms with E-state index in [2.05, 4.69) is 21.2 Å². The summed E-state index contributed by atoms with van der Waals surface area (Å²) in [5.41, 5.74) is -0.0742. The number of benzene rings is 2. The number of phenolic OH excluding ortho intramolecular Hbond substituents is 2. The van der Waals surface area contributed by atoms with Crippen LogP contribution in [0.1, 0.15) is 20.7 Å². The van der Waals surface area contributed by atoms with Gasteiger partial charge in [0.1, 0.15) is 17.1 Å². The highest BCUT2D eigenvalue weighted by molar-refractivity contribution is 9.10. The van der Waals surface area contributed by atoms with Gasteiger partial charge in [0, 0.05) is 10.2 Å². The highest BCUT2D eigenvalue weighted by Gasteiger charge is 2.17. The molecule has 0 unspecified atom stereocenters. The van der Waals surface area contributed by atoms with Crippen molar-refractivity contribution in [2.24, 2.45) is 0 Å². The van der Waals surface area contributed by atoms with E-state index in [9.17, 15) is 19.8 Å². The Morgan fingerprint density at radius 3 is 2.24 bits per heavy atom. The Balaban J connectivity index is 2.32. The number of hydrogen-bond acceptors (Lipinski definition) is 4. The molecule has 108 valence electrons. The zero-order chi connectivity index (χ0) is 15.6. The van der Waals surface area contributed by atoms with Crippen LogP contribution in [0.2, 0.25) is 0 Å². The first-order valence-electron chi connectivity index (χ1n) is 5.75. The van der Waals surface area contributed by atoms with Gasteiger partial charge in [0.25, 0.3) is 5.91 Å². The predicted molar refractivity (Wildman–Crippen MR) is 78.8 cm³/mol. The summed E-state index contributed by atoms with van der Waals surface area (Å²) in [4.78, 5) is 23.0. The lowest BCUT2D eigenvalue weighted by molar-refractivity contribution is 0.0695. The minimum absolute atomic E-state index is 0.0192. The molecular formula is C14H10BrNO5. The number of halogens is 1. The van der Waals surface area contributed by atoms with Gasteiger partial charge in [-0.05, 0) is 46.3 Å². The summed E-state index contributed by atoms with van der Waals surface area (Å²) in [5, 5.41) is 30.6. The molecule has 0 fully saturated rings. The smallest absolute Gasteiger partial charge is 0.336 e. The van der Waals surface area contributed by atoms with Crippen molar-refractivity contribution in [3.63, 3.8) is 0 Å². The molecule has 0 spiro atoms. The van der Waals surface area contributed by atoms with Gasteiger partial charge >= 0.3 is 5.97 Å². The molecule has 0 aliphatic heterocycles. The summed E-state index contributed by atoms with van der Waals surface area (Å²) < 4.78 is 0.374. The molecule has 7 heteroatoms. The fraction of sp³-hybridized carbons (Fsp3) is 0. The van der Waals surface area contributed by atoms with Crippen LogP contribution >= 0.6 is 15.9 Å². The van der Waals surface area contributed by atoms with Gasteiger partial charge < -0.3 is 20.6 Å². The third kappa shape index (κ3) is 3.14. The average Bonchev–Trinajstić information content (AvgIpc) is 2.40. The summed E-state index contributed by atoms with van der Waals surface area (Å²) in [7, 11) is 0. The Labute approximate surface area is 127 Å². The number of carbonyl (C=O) groups excluding carboxylic acids is 1. The largest absolute Gasteiger partial charge is 0.507 e. The normalized spacial score (nSPS) is 10.1. The van der Waals surface area contributed by atoms with Crippen LogP contribution in [-0.4, -0.2) is 27.2 Å². The average molecular weight is 352 g/mol. The Morgan fingerprint density at radius 1 is 1.05 bits per heavy atom. The van der Waals surface area contributed by atoms with E-state index in [0.717, 1.165) is 0 Å². The number of rotatable bonds is 3. The van der Waals surface area contributed by atoms with E-state index in [1.807, 2.05) is 0 Å². The number of carboxylic acid groups (broad SMARTS) is 1. The molecule has 2 rings (SSSR count). The van der Waals surface area contributed by atoms with E-state index >= 15 is 0 Å². The topological polar surface area (TPSA) is 107 Å². The maximum Gasteiger partial charge on any atom is 0.336 e. The second-order valence-corrected chi connectivity index (χ2v) is 4.98. The van der Waals surface area contributed by atoms with E-state index < -0.39 is 11.9 Å². The molecule has 0 saturated heterocycles. The van der Waals surface area contributed by atoms with Crippen LogP contribution < -0.4 is 5.32 Å². The number of carboxylic acids is 1. The predicted octanol–water partition coefficient (Wildman–Crippen LogP) is 2.81. The second-order valence-electron chi connectivity index (χ2n) is 4.13. The molecule has 0 radical (unpaired) electrons. The molecule has 4 N–H and O–H groups in total. The molecule has 2 aromatic rings. The third-order valence-corrected chi connectivity index (χ3v) is 3.39. The van der Waals surface area contributed by atoms with Gasteiger partial charge in [-0.25, -0.2) is 4.79 Å². The van der Waals surface area contributed by atoms with Gasteiger partial charge in [-0.2, -0.15) is 0 Å². The van der Waals surface area contributed by atoms with Crippen LogP contribution in [0.15, 0.2) is 40.9 Å². The van der Waals surface area contributed by atoms with Gasteiger partial charge in [-0.15, -0.1) is 0 Å². The molecule has 2 aromatic carbocycles. The molecule has 0 bridgehead atoms. The Hall–Kier alpha value is -2.54. The maximum atomic E-state index is 12.0. The van der Waals surface area contributed by atoms with E-state index in [0.29, 0.717) is 4.47 Å². The molecule has 0 heterocycles. The van der Waals surface area contributed by atoms with Gasteiger partial charge in [0.05, 0.1) is 5.56 Å². The lowest BCUT2D eigenvalue weighted by atomic mass is 10.1. The summed E-state index contributed by atoms with van der Waals surface area (Å²) in [6.45, 7) is 0. The molecule has 0 saturated carbocycles. The number of carbonyl (C=O) groups is 2. The minimum Gasteiger partial charge on any atom is -0.507 e. The summed E-state index contributed by atoms with van der Waals surface area (Å²) in [6.07, 6.45) is 0. The number of anilines is 1. The van der Waals surface area contributed by atoms with Crippen LogP contribution in [0.5, 0.6) is 11.5 Å². The number of aromatic hydroxyl groups is 2. The Bertz CT molecular complexity index is 709. The van der Waals surface area contributed by atoms with Crippen LogP contribution in [-0.2, 0) is 0 Å². The van der Waals surface area contributed by atoms with Crippen molar-refractivity contribution < 1.29 is 24.9 Å². The Kier molecular flexibility index (Phi) is 4.13. The van der Waals surface area contributed by atoms with Crippen LogP contribution in [0.4, 0.5) is 5.69 Å². The molecule has 6 nitrogen and oxygen atoms in total. The zero-order valence-electron chi connectivity index (χ0n) is 10.5.